The van der Waals surface area contributed by atoms with Crippen LogP contribution in [0.25, 0.3) is 155 Å². The van der Waals surface area contributed by atoms with Crippen molar-refractivity contribution in [3.8, 4) is 56.7 Å². The maximum Gasteiger partial charge on any atom is 0.164 e. The fraction of sp³-hybridized carbons (Fsp3) is 0. The second kappa shape index (κ2) is 16.2. The number of hydrogen-bond donors (Lipinski definition) is 0. The van der Waals surface area contributed by atoms with Crippen LogP contribution in [0, 0.1) is 0 Å². The summed E-state index contributed by atoms with van der Waals surface area (Å²) in [5, 5.41) is 13.6. The third-order valence-corrected chi connectivity index (χ3v) is 15.3. The zero-order valence-corrected chi connectivity index (χ0v) is 40.3. The highest BCUT2D eigenvalue weighted by atomic mass is 16.3. The van der Waals surface area contributed by atoms with E-state index >= 15 is 0 Å². The van der Waals surface area contributed by atoms with Crippen LogP contribution in [-0.2, 0) is 0 Å². The Morgan fingerprint density at radius 2 is 0.880 bits per heavy atom. The number of rotatable bonds is 6. The summed E-state index contributed by atoms with van der Waals surface area (Å²) in [6, 6.07) is 88.6. The quantitative estimate of drug-likeness (QED) is 0.167. The molecule has 0 radical (unpaired) electrons. The molecule has 0 amide bonds. The molecule has 16 aromatic rings. The van der Waals surface area contributed by atoms with Gasteiger partial charge >= 0.3 is 0 Å². The molecule has 348 valence electrons. The van der Waals surface area contributed by atoms with Gasteiger partial charge in [-0.2, -0.15) is 0 Å². The maximum absolute atomic E-state index is 7.18. The summed E-state index contributed by atoms with van der Waals surface area (Å²) in [5.74, 6) is 1.69. The van der Waals surface area contributed by atoms with Gasteiger partial charge in [-0.25, -0.2) is 15.0 Å². The summed E-state index contributed by atoms with van der Waals surface area (Å²) in [7, 11) is 0. The van der Waals surface area contributed by atoms with E-state index in [1.54, 1.807) is 0 Å². The van der Waals surface area contributed by atoms with Crippen LogP contribution < -0.4 is 0 Å². The molecule has 0 unspecified atom stereocenters. The largest absolute Gasteiger partial charge is 0.455 e. The van der Waals surface area contributed by atoms with Gasteiger partial charge in [-0.1, -0.05) is 188 Å². The summed E-state index contributed by atoms with van der Waals surface area (Å²) in [6.07, 6.45) is 0. The standard InChI is InChI=1S/C69H41N5O/c1-3-16-42(17-4-1)43-30-32-46(33-31-43)67-70-68(72-69(71-67)55-27-15-29-58-64(55)53-26-13-14-28-57(53)73(58)50-22-5-2-6-23-50)49-40-61(65-54-36-34-45-19-10-12-25-52(45)66(54)75-62(65)41-49)74-59-37-35-44-18-9-11-24-51(44)63(59)56-38-47-20-7-8-21-48(47)39-60(56)74/h1-41H. The summed E-state index contributed by atoms with van der Waals surface area (Å²) >= 11 is 0. The van der Waals surface area contributed by atoms with Crippen LogP contribution in [0.5, 0.6) is 0 Å². The predicted octanol–water partition coefficient (Wildman–Crippen LogP) is 18.1. The number of furan rings is 1. The second-order valence-electron chi connectivity index (χ2n) is 19.5. The zero-order valence-electron chi connectivity index (χ0n) is 40.3. The molecule has 6 heteroatoms. The van der Waals surface area contributed by atoms with E-state index < -0.39 is 0 Å². The Balaban J connectivity index is 1.01. The van der Waals surface area contributed by atoms with Crippen molar-refractivity contribution < 1.29 is 4.42 Å². The van der Waals surface area contributed by atoms with Crippen molar-refractivity contribution in [1.29, 1.82) is 0 Å². The fourth-order valence-electron chi connectivity index (χ4n) is 11.9. The lowest BCUT2D eigenvalue weighted by atomic mass is 10.0. The highest BCUT2D eigenvalue weighted by Gasteiger charge is 2.25. The average Bonchev–Trinajstić information content (AvgIpc) is 4.18. The number of nitrogens with zero attached hydrogens (tertiary/aromatic N) is 5. The number of para-hydroxylation sites is 2. The molecule has 0 N–H and O–H groups in total. The molecule has 0 saturated heterocycles. The molecule has 4 aromatic heterocycles. The van der Waals surface area contributed by atoms with E-state index in [9.17, 15) is 0 Å². The van der Waals surface area contributed by atoms with Gasteiger partial charge < -0.3 is 13.6 Å². The van der Waals surface area contributed by atoms with Gasteiger partial charge in [-0.3, -0.25) is 0 Å². The van der Waals surface area contributed by atoms with Crippen molar-refractivity contribution in [2.45, 2.75) is 0 Å². The molecule has 0 aliphatic heterocycles. The topological polar surface area (TPSA) is 61.7 Å². The Morgan fingerprint density at radius 1 is 0.293 bits per heavy atom. The van der Waals surface area contributed by atoms with E-state index in [4.69, 9.17) is 19.4 Å². The van der Waals surface area contributed by atoms with E-state index in [1.165, 1.54) is 32.3 Å². The lowest BCUT2D eigenvalue weighted by Crippen LogP contribution is -2.02. The first-order chi connectivity index (χ1) is 37.2. The molecule has 6 nitrogen and oxygen atoms in total. The molecule has 75 heavy (non-hydrogen) atoms. The minimum atomic E-state index is 0.538. The van der Waals surface area contributed by atoms with Gasteiger partial charge in [-0.05, 0) is 98.7 Å². The van der Waals surface area contributed by atoms with Gasteiger partial charge in [0.25, 0.3) is 0 Å². The molecule has 0 fully saturated rings. The van der Waals surface area contributed by atoms with E-state index in [0.717, 1.165) is 105 Å². The Morgan fingerprint density at radius 3 is 1.68 bits per heavy atom. The molecule has 0 aliphatic carbocycles. The van der Waals surface area contributed by atoms with Gasteiger partial charge in [0.15, 0.2) is 17.5 Å². The molecular weight excluding hydrogens is 915 g/mol. The molecule has 4 heterocycles. The number of hydrogen-bond acceptors (Lipinski definition) is 4. The summed E-state index contributed by atoms with van der Waals surface area (Å²) in [5.41, 5.74) is 12.9. The average molecular weight is 956 g/mol. The minimum absolute atomic E-state index is 0.538. The van der Waals surface area contributed by atoms with Crippen molar-refractivity contribution >= 4 is 97.9 Å². The Labute approximate surface area is 429 Å². The monoisotopic (exact) mass is 955 g/mol. The van der Waals surface area contributed by atoms with Gasteiger partial charge in [0.2, 0.25) is 0 Å². The molecule has 0 aliphatic rings. The highest BCUT2D eigenvalue weighted by molar-refractivity contribution is 6.25. The Bertz CT molecular complexity index is 4990. The first-order valence-corrected chi connectivity index (χ1v) is 25.4. The third kappa shape index (κ3) is 6.36. The van der Waals surface area contributed by atoms with Gasteiger partial charge in [0.05, 0.1) is 33.1 Å². The van der Waals surface area contributed by atoms with Crippen LogP contribution in [0.15, 0.2) is 253 Å². The number of benzene rings is 12. The Kier molecular flexibility index (Phi) is 8.94. The lowest BCUT2D eigenvalue weighted by molar-refractivity contribution is 0.672. The first-order valence-electron chi connectivity index (χ1n) is 25.4. The van der Waals surface area contributed by atoms with Crippen LogP contribution in [-0.4, -0.2) is 24.1 Å². The molecule has 0 atom stereocenters. The van der Waals surface area contributed by atoms with Crippen LogP contribution in [0.4, 0.5) is 0 Å². The first kappa shape index (κ1) is 41.4. The summed E-state index contributed by atoms with van der Waals surface area (Å²) in [4.78, 5) is 16.4. The van der Waals surface area contributed by atoms with E-state index in [1.807, 2.05) is 6.07 Å². The van der Waals surface area contributed by atoms with Gasteiger partial charge in [-0.15, -0.1) is 0 Å². The lowest BCUT2D eigenvalue weighted by Gasteiger charge is -2.14. The molecule has 12 aromatic carbocycles. The molecule has 0 spiro atoms. The number of fused-ring (bicyclic) bond motifs is 14. The minimum Gasteiger partial charge on any atom is -0.455 e. The zero-order chi connectivity index (χ0) is 49.1. The van der Waals surface area contributed by atoms with Crippen LogP contribution in [0.2, 0.25) is 0 Å². The fourth-order valence-corrected chi connectivity index (χ4v) is 11.9. The number of aromatic nitrogens is 5. The smallest absolute Gasteiger partial charge is 0.164 e. The molecular formula is C69H41N5O. The van der Waals surface area contributed by atoms with Crippen molar-refractivity contribution in [2.75, 3.05) is 0 Å². The Hall–Kier alpha value is -10.2. The molecule has 0 bridgehead atoms. The highest BCUT2D eigenvalue weighted by Crippen LogP contribution is 2.46. The van der Waals surface area contributed by atoms with Crippen molar-refractivity contribution in [2.24, 2.45) is 0 Å². The van der Waals surface area contributed by atoms with Crippen molar-refractivity contribution in [3.05, 3.63) is 249 Å². The molecule has 16 rings (SSSR count). The van der Waals surface area contributed by atoms with Crippen LogP contribution >= 0.6 is 0 Å². The van der Waals surface area contributed by atoms with E-state index in [-0.39, 0.29) is 0 Å². The predicted molar refractivity (Wildman–Crippen MR) is 310 cm³/mol. The van der Waals surface area contributed by atoms with Crippen LogP contribution in [0.3, 0.4) is 0 Å². The second-order valence-corrected chi connectivity index (χ2v) is 19.5. The van der Waals surface area contributed by atoms with Crippen LogP contribution in [0.1, 0.15) is 0 Å². The molecule has 0 saturated carbocycles. The van der Waals surface area contributed by atoms with Crippen molar-refractivity contribution in [1.82, 2.24) is 24.1 Å². The van der Waals surface area contributed by atoms with E-state index in [0.29, 0.717) is 17.5 Å². The summed E-state index contributed by atoms with van der Waals surface area (Å²) < 4.78 is 12.0. The van der Waals surface area contributed by atoms with Gasteiger partial charge in [0, 0.05) is 54.7 Å². The summed E-state index contributed by atoms with van der Waals surface area (Å²) in [6.45, 7) is 0. The van der Waals surface area contributed by atoms with E-state index in [2.05, 4.69) is 252 Å². The van der Waals surface area contributed by atoms with Crippen molar-refractivity contribution in [3.63, 3.8) is 0 Å². The normalized spacial score (nSPS) is 12.0. The van der Waals surface area contributed by atoms with Gasteiger partial charge in [0.1, 0.15) is 11.2 Å². The SMILES string of the molecule is c1ccc(-c2ccc(-c3nc(-c4cc(-n5c6cc7ccccc7cc6c6c7ccccc7ccc65)c5c(c4)oc4c6ccccc6ccc45)nc(-c4cccc5c4c4ccccc4n5-c4ccccc4)n3)cc2)cc1. The third-order valence-electron chi connectivity index (χ3n) is 15.3. The maximum atomic E-state index is 7.18.